The zero-order valence-corrected chi connectivity index (χ0v) is 14.7. The Labute approximate surface area is 148 Å². The minimum Gasteiger partial charge on any atom is -0.378 e. The van der Waals surface area contributed by atoms with E-state index in [0.29, 0.717) is 5.02 Å². The number of ketones is 1. The molecule has 122 valence electrons. The molecule has 1 saturated carbocycles. The van der Waals surface area contributed by atoms with E-state index in [-0.39, 0.29) is 5.78 Å². The van der Waals surface area contributed by atoms with Gasteiger partial charge in [-0.1, -0.05) is 35.9 Å². The van der Waals surface area contributed by atoms with Gasteiger partial charge in [-0.2, -0.15) is 0 Å². The molecule has 2 aromatic carbocycles. The van der Waals surface area contributed by atoms with Crippen molar-refractivity contribution in [2.24, 2.45) is 0 Å². The molecular formula is C21H20ClNO. The van der Waals surface area contributed by atoms with Crippen LogP contribution in [0, 0.1) is 0 Å². The summed E-state index contributed by atoms with van der Waals surface area (Å²) in [7, 11) is 4.03. The van der Waals surface area contributed by atoms with Crippen LogP contribution in [0.3, 0.4) is 0 Å². The third kappa shape index (κ3) is 3.77. The van der Waals surface area contributed by atoms with Gasteiger partial charge in [-0.15, -0.1) is 0 Å². The summed E-state index contributed by atoms with van der Waals surface area (Å²) in [6.07, 6.45) is 5.53. The molecule has 1 fully saturated rings. The summed E-state index contributed by atoms with van der Waals surface area (Å²) in [6.45, 7) is 0. The maximum atomic E-state index is 12.6. The number of allylic oxidation sites excluding steroid dienone is 2. The van der Waals surface area contributed by atoms with Crippen molar-refractivity contribution in [2.75, 3.05) is 19.0 Å². The van der Waals surface area contributed by atoms with Crippen molar-refractivity contribution < 1.29 is 4.79 Å². The highest BCUT2D eigenvalue weighted by Gasteiger charge is 2.22. The highest BCUT2D eigenvalue weighted by Crippen LogP contribution is 2.30. The number of carbonyl (C=O) groups excluding carboxylic acids is 1. The summed E-state index contributed by atoms with van der Waals surface area (Å²) >= 11 is 6.01. The van der Waals surface area contributed by atoms with Gasteiger partial charge in [0.1, 0.15) is 0 Å². The lowest BCUT2D eigenvalue weighted by molar-refractivity contribution is -0.111. The van der Waals surface area contributed by atoms with E-state index in [4.69, 9.17) is 11.6 Å². The molecule has 0 N–H and O–H groups in total. The van der Waals surface area contributed by atoms with Crippen LogP contribution in [0.4, 0.5) is 5.69 Å². The molecule has 0 amide bonds. The molecule has 0 aliphatic heterocycles. The fraction of sp³-hybridized carbons (Fsp3) is 0.190. The first kappa shape index (κ1) is 16.5. The number of benzene rings is 2. The van der Waals surface area contributed by atoms with Crippen LogP contribution in [0.1, 0.15) is 24.0 Å². The van der Waals surface area contributed by atoms with Gasteiger partial charge in [-0.25, -0.2) is 0 Å². The fourth-order valence-corrected chi connectivity index (χ4v) is 3.04. The largest absolute Gasteiger partial charge is 0.378 e. The van der Waals surface area contributed by atoms with E-state index in [1.165, 1.54) is 0 Å². The fourth-order valence-electron chi connectivity index (χ4n) is 2.85. The molecule has 3 rings (SSSR count). The van der Waals surface area contributed by atoms with Gasteiger partial charge < -0.3 is 4.90 Å². The molecule has 2 aromatic rings. The Kier molecular flexibility index (Phi) is 4.86. The van der Waals surface area contributed by atoms with Gasteiger partial charge in [0.2, 0.25) is 0 Å². The lowest BCUT2D eigenvalue weighted by atomic mass is 10.1. The number of nitrogens with zero attached hydrogens (tertiary/aromatic N) is 1. The van der Waals surface area contributed by atoms with Crippen molar-refractivity contribution in [1.29, 1.82) is 0 Å². The lowest BCUT2D eigenvalue weighted by Crippen LogP contribution is -2.07. The molecule has 0 saturated heterocycles. The zero-order valence-electron chi connectivity index (χ0n) is 13.9. The number of carbonyl (C=O) groups is 1. The van der Waals surface area contributed by atoms with Crippen LogP contribution in [0.15, 0.2) is 59.7 Å². The monoisotopic (exact) mass is 337 g/mol. The van der Waals surface area contributed by atoms with E-state index >= 15 is 0 Å². The average molecular weight is 338 g/mol. The molecule has 1 aliphatic rings. The van der Waals surface area contributed by atoms with Crippen LogP contribution in [0.25, 0.3) is 12.2 Å². The van der Waals surface area contributed by atoms with Crippen LogP contribution < -0.4 is 4.90 Å². The number of anilines is 1. The Morgan fingerprint density at radius 3 is 2.12 bits per heavy atom. The smallest absolute Gasteiger partial charge is 0.185 e. The molecule has 0 aromatic heterocycles. The highest BCUT2D eigenvalue weighted by molar-refractivity contribution is 6.30. The highest BCUT2D eigenvalue weighted by atomic mass is 35.5. The van der Waals surface area contributed by atoms with Gasteiger partial charge in [0.25, 0.3) is 0 Å². The first-order valence-corrected chi connectivity index (χ1v) is 8.39. The number of rotatable bonds is 3. The minimum atomic E-state index is 0.145. The summed E-state index contributed by atoms with van der Waals surface area (Å²) in [5.41, 5.74) is 4.92. The van der Waals surface area contributed by atoms with Crippen LogP contribution in [-0.4, -0.2) is 19.9 Å². The molecule has 0 spiro atoms. The van der Waals surface area contributed by atoms with Crippen molar-refractivity contribution in [3.05, 3.63) is 75.8 Å². The number of Topliss-reactive ketones (excluding diaryl/α,β-unsaturated/α-hetero) is 1. The van der Waals surface area contributed by atoms with Gasteiger partial charge in [0.15, 0.2) is 5.78 Å². The predicted molar refractivity (Wildman–Crippen MR) is 102 cm³/mol. The second-order valence-electron chi connectivity index (χ2n) is 6.21. The minimum absolute atomic E-state index is 0.145. The van der Waals surface area contributed by atoms with Gasteiger partial charge in [0, 0.05) is 36.0 Å². The normalized spacial score (nSPS) is 17.7. The van der Waals surface area contributed by atoms with E-state index < -0.39 is 0 Å². The van der Waals surface area contributed by atoms with Gasteiger partial charge in [-0.3, -0.25) is 4.79 Å². The van der Waals surface area contributed by atoms with E-state index in [1.807, 2.05) is 62.6 Å². The van der Waals surface area contributed by atoms with E-state index in [2.05, 4.69) is 17.0 Å². The molecular weight excluding hydrogens is 318 g/mol. The second kappa shape index (κ2) is 7.06. The molecule has 0 radical (unpaired) electrons. The maximum Gasteiger partial charge on any atom is 0.185 e. The summed E-state index contributed by atoms with van der Waals surface area (Å²) in [5, 5.41) is 0.687. The van der Waals surface area contributed by atoms with Crippen LogP contribution in [-0.2, 0) is 4.79 Å². The average Bonchev–Trinajstić information content (AvgIpc) is 2.89. The third-order valence-electron chi connectivity index (χ3n) is 4.19. The van der Waals surface area contributed by atoms with Gasteiger partial charge >= 0.3 is 0 Å². The summed E-state index contributed by atoms with van der Waals surface area (Å²) in [5.74, 6) is 0.145. The third-order valence-corrected chi connectivity index (χ3v) is 4.42. The van der Waals surface area contributed by atoms with Gasteiger partial charge in [-0.05, 0) is 60.4 Å². The standard InChI is InChI=1S/C21H20ClNO/c1-23(2)20-10-6-15(7-11-20)12-17-8-9-18(21(17)24)13-16-4-3-5-19(22)14-16/h3-7,10-14H,8-9H2,1-2H3. The number of halogens is 1. The quantitative estimate of drug-likeness (QED) is 0.714. The van der Waals surface area contributed by atoms with Crippen LogP contribution >= 0.6 is 11.6 Å². The number of hydrogen-bond donors (Lipinski definition) is 0. The van der Waals surface area contributed by atoms with E-state index in [1.54, 1.807) is 0 Å². The second-order valence-corrected chi connectivity index (χ2v) is 6.65. The van der Waals surface area contributed by atoms with Crippen molar-refractivity contribution >= 4 is 35.2 Å². The van der Waals surface area contributed by atoms with Crippen molar-refractivity contribution in [3.8, 4) is 0 Å². The topological polar surface area (TPSA) is 20.3 Å². The predicted octanol–water partition coefficient (Wildman–Crippen LogP) is 5.24. The molecule has 1 aliphatic carbocycles. The lowest BCUT2D eigenvalue weighted by Gasteiger charge is -2.11. The molecule has 2 nitrogen and oxygen atoms in total. The Bertz CT molecular complexity index is 816. The number of hydrogen-bond acceptors (Lipinski definition) is 2. The van der Waals surface area contributed by atoms with E-state index in [9.17, 15) is 4.79 Å². The molecule has 0 heterocycles. The van der Waals surface area contributed by atoms with Crippen LogP contribution in [0.5, 0.6) is 0 Å². The summed E-state index contributed by atoms with van der Waals surface area (Å²) in [6, 6.07) is 15.8. The van der Waals surface area contributed by atoms with E-state index in [0.717, 1.165) is 40.8 Å². The van der Waals surface area contributed by atoms with Gasteiger partial charge in [0.05, 0.1) is 0 Å². The van der Waals surface area contributed by atoms with Crippen molar-refractivity contribution in [3.63, 3.8) is 0 Å². The molecule has 0 atom stereocenters. The van der Waals surface area contributed by atoms with Crippen LogP contribution in [0.2, 0.25) is 5.02 Å². The molecule has 0 bridgehead atoms. The Hall–Kier alpha value is -2.32. The Balaban J connectivity index is 1.80. The molecule has 24 heavy (non-hydrogen) atoms. The summed E-state index contributed by atoms with van der Waals surface area (Å²) in [4.78, 5) is 14.7. The maximum absolute atomic E-state index is 12.6. The van der Waals surface area contributed by atoms with Crippen molar-refractivity contribution in [2.45, 2.75) is 12.8 Å². The Morgan fingerprint density at radius 1 is 0.917 bits per heavy atom. The van der Waals surface area contributed by atoms with Crippen molar-refractivity contribution in [1.82, 2.24) is 0 Å². The Morgan fingerprint density at radius 2 is 1.54 bits per heavy atom. The first-order valence-electron chi connectivity index (χ1n) is 8.02. The molecule has 0 unspecified atom stereocenters. The molecule has 3 heteroatoms. The summed E-state index contributed by atoms with van der Waals surface area (Å²) < 4.78 is 0. The SMILES string of the molecule is CN(C)c1ccc(C=C2CCC(=Cc3cccc(Cl)c3)C2=O)cc1. The first-order chi connectivity index (χ1) is 11.5. The zero-order chi connectivity index (χ0) is 17.1.